The van der Waals surface area contributed by atoms with Crippen LogP contribution in [0.2, 0.25) is 5.02 Å². The zero-order valence-corrected chi connectivity index (χ0v) is 22.6. The molecule has 0 bridgehead atoms. The molecule has 7 heteroatoms. The molecule has 0 fully saturated rings. The van der Waals surface area contributed by atoms with Crippen LogP contribution in [0.25, 0.3) is 0 Å². The van der Waals surface area contributed by atoms with Crippen molar-refractivity contribution in [3.05, 3.63) is 126 Å². The van der Waals surface area contributed by atoms with E-state index in [2.05, 4.69) is 103 Å². The Kier molecular flexibility index (Phi) is 9.81. The normalized spacial score (nSPS) is 11.9. The molecule has 0 aromatic heterocycles. The van der Waals surface area contributed by atoms with E-state index in [-0.39, 0.29) is 0 Å². The molecule has 4 rings (SSSR count). The Hall–Kier alpha value is -0.721. The molecule has 0 atom stereocenters. The van der Waals surface area contributed by atoms with Crippen LogP contribution in [0.3, 0.4) is 0 Å². The van der Waals surface area contributed by atoms with Crippen molar-refractivity contribution in [2.75, 3.05) is 0 Å². The van der Waals surface area contributed by atoms with E-state index in [1.807, 2.05) is 12.1 Å². The van der Waals surface area contributed by atoms with E-state index in [0.717, 1.165) is 11.2 Å². The zero-order chi connectivity index (χ0) is 23.0. The van der Waals surface area contributed by atoms with Crippen LogP contribution in [0, 0.1) is 0 Å². The summed E-state index contributed by atoms with van der Waals surface area (Å²) in [7, 11) is 15.4. The second kappa shape index (κ2) is 12.1. The van der Waals surface area contributed by atoms with Gasteiger partial charge in [0.25, 0.3) is 0 Å². The van der Waals surface area contributed by atoms with Gasteiger partial charge >= 0.3 is 49.6 Å². The first-order chi connectivity index (χ1) is 15.3. The van der Waals surface area contributed by atoms with Crippen molar-refractivity contribution >= 4 is 75.2 Å². The standard InChI is InChI=1S/C25H21ClP.4ClH.Fe/c26-22-18-16-21(17-19-22)20-27(23-10-4-1-5-11-23,24-12-6-2-7-13-24)25-14-8-3-9-15-25;;;;;/h1-19H,20H2;4*1H;/q+1;;;;;+3/p-4. The summed E-state index contributed by atoms with van der Waals surface area (Å²) < 4.78 is 0. The predicted octanol–water partition coefficient (Wildman–Crippen LogP) is 8.59. The minimum absolute atomic E-state index is 0.779. The molecular formula is C25H21Cl5FeP. The minimum atomic E-state index is -2.61. The number of rotatable bonds is 5. The predicted molar refractivity (Wildman–Crippen MR) is 144 cm³/mol. The zero-order valence-electron chi connectivity index (χ0n) is 16.9. The van der Waals surface area contributed by atoms with Crippen LogP contribution < -0.4 is 15.9 Å². The molecule has 4 aromatic rings. The number of halogens is 5. The van der Waals surface area contributed by atoms with Gasteiger partial charge in [0.05, 0.1) is 6.16 Å². The fraction of sp³-hybridized carbons (Fsp3) is 0.0400. The van der Waals surface area contributed by atoms with Crippen LogP contribution in [0.5, 0.6) is 0 Å². The number of hydrogen-bond donors (Lipinski definition) is 0. The molecule has 0 aliphatic carbocycles. The van der Waals surface area contributed by atoms with Crippen molar-refractivity contribution in [2.24, 2.45) is 0 Å². The third kappa shape index (κ3) is 7.39. The van der Waals surface area contributed by atoms with E-state index in [1.54, 1.807) is 0 Å². The first-order valence-electron chi connectivity index (χ1n) is 9.62. The van der Waals surface area contributed by atoms with E-state index in [0.29, 0.717) is 0 Å². The molecule has 32 heavy (non-hydrogen) atoms. The first kappa shape index (κ1) is 25.9. The fourth-order valence-corrected chi connectivity index (χ4v) is 8.00. The van der Waals surface area contributed by atoms with Crippen molar-refractivity contribution in [1.82, 2.24) is 0 Å². The number of benzene rings is 4. The van der Waals surface area contributed by atoms with Gasteiger partial charge in [0, 0.05) is 5.02 Å². The molecule has 4 aromatic carbocycles. The fourth-order valence-electron chi connectivity index (χ4n) is 3.63. The van der Waals surface area contributed by atoms with E-state index in [1.165, 1.54) is 21.5 Å². The molecule has 0 spiro atoms. The SMILES string of the molecule is Clc1ccc(C[P+](c2ccccc2)(c2ccccc2)c2ccccc2)cc1.[Cl][Fe-]([Cl])([Cl])[Cl]. The van der Waals surface area contributed by atoms with Gasteiger partial charge in [-0.1, -0.05) is 78.3 Å². The summed E-state index contributed by atoms with van der Waals surface area (Å²) in [6.07, 6.45) is 0.974. The summed E-state index contributed by atoms with van der Waals surface area (Å²) in [5, 5.41) is 4.98. The Morgan fingerprint density at radius 3 is 1.12 bits per heavy atom. The molecule has 0 aliphatic heterocycles. The van der Waals surface area contributed by atoms with Crippen LogP contribution in [0.15, 0.2) is 115 Å². The summed E-state index contributed by atoms with van der Waals surface area (Å²) in [5.74, 6) is 0. The molecule has 0 heterocycles. The molecule has 0 saturated heterocycles. The Labute approximate surface area is 214 Å². The summed E-state index contributed by atoms with van der Waals surface area (Å²) in [6, 6.07) is 41.2. The van der Waals surface area contributed by atoms with Gasteiger partial charge in [-0.25, -0.2) is 0 Å². The van der Waals surface area contributed by atoms with Gasteiger partial charge < -0.3 is 0 Å². The van der Waals surface area contributed by atoms with Gasteiger partial charge in [-0.15, -0.1) is 0 Å². The Morgan fingerprint density at radius 1 is 0.500 bits per heavy atom. The van der Waals surface area contributed by atoms with Crippen LogP contribution in [-0.4, -0.2) is 0 Å². The molecule has 0 unspecified atom stereocenters. The summed E-state index contributed by atoms with van der Waals surface area (Å²) in [5.41, 5.74) is 1.31. The molecule has 0 amide bonds. The van der Waals surface area contributed by atoms with Crippen molar-refractivity contribution in [2.45, 2.75) is 6.16 Å². The molecule has 0 aliphatic rings. The number of hydrogen-bond acceptors (Lipinski definition) is 0. The van der Waals surface area contributed by atoms with Crippen molar-refractivity contribution < 1.29 is 9.20 Å². The summed E-state index contributed by atoms with van der Waals surface area (Å²) in [4.78, 5) is 0. The van der Waals surface area contributed by atoms with Gasteiger partial charge in [0.2, 0.25) is 0 Å². The Morgan fingerprint density at radius 2 is 0.812 bits per heavy atom. The van der Waals surface area contributed by atoms with Gasteiger partial charge in [-0.2, -0.15) is 0 Å². The maximum absolute atomic E-state index is 6.14. The van der Waals surface area contributed by atoms with Crippen molar-refractivity contribution in [3.8, 4) is 0 Å². The molecule has 0 N–H and O–H groups in total. The van der Waals surface area contributed by atoms with Gasteiger partial charge in [0.15, 0.2) is 0 Å². The maximum atomic E-state index is 6.14. The van der Waals surface area contributed by atoms with E-state index in [4.69, 9.17) is 52.0 Å². The molecular weight excluding hydrogens is 564 g/mol. The topological polar surface area (TPSA) is 0 Å². The average molecular weight is 586 g/mol. The average Bonchev–Trinajstić information content (AvgIpc) is 2.79. The van der Waals surface area contributed by atoms with Crippen molar-refractivity contribution in [3.63, 3.8) is 0 Å². The van der Waals surface area contributed by atoms with Crippen LogP contribution in [0.1, 0.15) is 5.56 Å². The van der Waals surface area contributed by atoms with Crippen LogP contribution in [-0.2, 0) is 15.4 Å². The molecule has 169 valence electrons. The van der Waals surface area contributed by atoms with Crippen LogP contribution >= 0.6 is 59.3 Å². The second-order valence-electron chi connectivity index (χ2n) is 6.90. The third-order valence-electron chi connectivity index (χ3n) is 4.92. The molecule has 0 saturated carbocycles. The molecule has 0 nitrogen and oxygen atoms in total. The van der Waals surface area contributed by atoms with Crippen molar-refractivity contribution in [1.29, 1.82) is 0 Å². The van der Waals surface area contributed by atoms with Gasteiger partial charge in [-0.05, 0) is 54.1 Å². The van der Waals surface area contributed by atoms with Crippen LogP contribution in [0.4, 0.5) is 0 Å². The third-order valence-corrected chi connectivity index (χ3v) is 9.55. The molecule has 0 radical (unpaired) electrons. The van der Waals surface area contributed by atoms with E-state index < -0.39 is 16.5 Å². The van der Waals surface area contributed by atoms with Gasteiger partial charge in [0.1, 0.15) is 23.2 Å². The monoisotopic (exact) mass is 583 g/mol. The summed E-state index contributed by atoms with van der Waals surface area (Å²) in [6.45, 7) is 0. The summed E-state index contributed by atoms with van der Waals surface area (Å²) >= 11 is 6.14. The van der Waals surface area contributed by atoms with E-state index in [9.17, 15) is 0 Å². The second-order valence-corrected chi connectivity index (χ2v) is 21.8. The van der Waals surface area contributed by atoms with Gasteiger partial charge in [-0.3, -0.25) is 0 Å². The quantitative estimate of drug-likeness (QED) is 0.163. The Balaban J connectivity index is 0.000000523. The van der Waals surface area contributed by atoms with E-state index >= 15 is 0 Å². The first-order valence-corrected chi connectivity index (χ1v) is 18.0. The Bertz CT molecular complexity index is 983.